The zero-order valence-corrected chi connectivity index (χ0v) is 17.7. The van der Waals surface area contributed by atoms with Crippen molar-refractivity contribution in [3.05, 3.63) is 74.3 Å². The molecule has 32 heavy (non-hydrogen) atoms. The number of nitrogens with zero attached hydrogens (tertiary/aromatic N) is 3. The standard InChI is InChI=1S/C23H26N4O5/c28-26(29)17-10-11-21(22(14-17)27(30)31)25-24-20-12-13-23(19-9-5-4-8-18(19)20)32-15-16-6-2-1-3-7-16/h1-3,6-7,10-11,14,18-19,23,25H,4-5,8-9,12-13,15H2/b24-20+/t18-,19-,23-/m0/s1. The summed E-state index contributed by atoms with van der Waals surface area (Å²) in [4.78, 5) is 21.1. The van der Waals surface area contributed by atoms with Gasteiger partial charge in [-0.2, -0.15) is 5.10 Å². The number of ether oxygens (including phenoxy) is 1. The van der Waals surface area contributed by atoms with Crippen LogP contribution in [0.4, 0.5) is 17.1 Å². The Kier molecular flexibility index (Phi) is 6.75. The molecule has 0 radical (unpaired) electrons. The fourth-order valence-electron chi connectivity index (χ4n) is 4.84. The fraction of sp³-hybridized carbons (Fsp3) is 0.435. The third-order valence-corrected chi connectivity index (χ3v) is 6.43. The van der Waals surface area contributed by atoms with Crippen molar-refractivity contribution in [3.8, 4) is 0 Å². The van der Waals surface area contributed by atoms with E-state index in [-0.39, 0.29) is 29.1 Å². The quantitative estimate of drug-likeness (QED) is 0.453. The van der Waals surface area contributed by atoms with Gasteiger partial charge in [0.15, 0.2) is 0 Å². The highest BCUT2D eigenvalue weighted by atomic mass is 16.6. The molecule has 4 rings (SSSR count). The first kappa shape index (κ1) is 21.9. The van der Waals surface area contributed by atoms with Crippen molar-refractivity contribution < 1.29 is 14.6 Å². The Morgan fingerprint density at radius 1 is 1.00 bits per heavy atom. The van der Waals surface area contributed by atoms with Crippen LogP contribution in [0.3, 0.4) is 0 Å². The number of hydrazone groups is 1. The second-order valence-electron chi connectivity index (χ2n) is 8.36. The average Bonchev–Trinajstić information content (AvgIpc) is 2.82. The van der Waals surface area contributed by atoms with Gasteiger partial charge in [0.05, 0.1) is 28.6 Å². The van der Waals surface area contributed by atoms with Gasteiger partial charge in [-0.1, -0.05) is 43.2 Å². The summed E-state index contributed by atoms with van der Waals surface area (Å²) in [5.41, 5.74) is 4.46. The lowest BCUT2D eigenvalue weighted by Crippen LogP contribution is -2.42. The van der Waals surface area contributed by atoms with Crippen molar-refractivity contribution in [2.24, 2.45) is 16.9 Å². The maximum Gasteiger partial charge on any atom is 0.301 e. The molecule has 2 saturated carbocycles. The Morgan fingerprint density at radius 3 is 2.53 bits per heavy atom. The second-order valence-corrected chi connectivity index (χ2v) is 8.36. The third-order valence-electron chi connectivity index (χ3n) is 6.43. The van der Waals surface area contributed by atoms with Crippen LogP contribution in [-0.2, 0) is 11.3 Å². The van der Waals surface area contributed by atoms with Gasteiger partial charge in [-0.05, 0) is 43.2 Å². The van der Waals surface area contributed by atoms with E-state index in [0.717, 1.165) is 49.4 Å². The molecule has 2 aromatic carbocycles. The molecule has 168 valence electrons. The maximum absolute atomic E-state index is 11.4. The largest absolute Gasteiger partial charge is 0.373 e. The maximum atomic E-state index is 11.4. The summed E-state index contributed by atoms with van der Waals surface area (Å²) in [5, 5.41) is 26.9. The van der Waals surface area contributed by atoms with Crippen molar-refractivity contribution >= 4 is 22.8 Å². The molecule has 0 heterocycles. The molecule has 2 aromatic rings. The monoisotopic (exact) mass is 438 g/mol. The molecule has 2 aliphatic carbocycles. The molecule has 0 aromatic heterocycles. The van der Waals surface area contributed by atoms with Crippen LogP contribution in [0.5, 0.6) is 0 Å². The Bertz CT molecular complexity index is 1010. The van der Waals surface area contributed by atoms with Crippen molar-refractivity contribution in [2.45, 2.75) is 51.2 Å². The van der Waals surface area contributed by atoms with Gasteiger partial charge in [-0.15, -0.1) is 0 Å². The number of nitro benzene ring substituents is 2. The lowest BCUT2D eigenvalue weighted by atomic mass is 9.68. The molecule has 0 amide bonds. The van der Waals surface area contributed by atoms with Gasteiger partial charge in [-0.3, -0.25) is 25.7 Å². The lowest BCUT2D eigenvalue weighted by Gasteiger charge is -2.41. The highest BCUT2D eigenvalue weighted by Crippen LogP contribution is 2.41. The molecule has 0 unspecified atom stereocenters. The van der Waals surface area contributed by atoms with E-state index in [9.17, 15) is 20.2 Å². The summed E-state index contributed by atoms with van der Waals surface area (Å²) in [7, 11) is 0. The summed E-state index contributed by atoms with van der Waals surface area (Å²) in [6.45, 7) is 0.592. The normalized spacial score (nSPS) is 24.0. The molecular formula is C23H26N4O5. The van der Waals surface area contributed by atoms with Crippen LogP contribution in [0, 0.1) is 32.1 Å². The molecule has 2 aliphatic rings. The highest BCUT2D eigenvalue weighted by molar-refractivity contribution is 5.89. The predicted octanol–water partition coefficient (Wildman–Crippen LogP) is 5.46. The van der Waals surface area contributed by atoms with Crippen LogP contribution in [0.2, 0.25) is 0 Å². The van der Waals surface area contributed by atoms with Gasteiger partial charge in [0.25, 0.3) is 5.69 Å². The Morgan fingerprint density at radius 2 is 1.78 bits per heavy atom. The molecule has 2 fully saturated rings. The number of non-ortho nitro benzene ring substituents is 1. The van der Waals surface area contributed by atoms with E-state index < -0.39 is 9.85 Å². The van der Waals surface area contributed by atoms with Gasteiger partial charge in [0, 0.05) is 17.7 Å². The fourth-order valence-corrected chi connectivity index (χ4v) is 4.84. The van der Waals surface area contributed by atoms with E-state index in [1.165, 1.54) is 18.6 Å². The molecule has 0 aliphatic heterocycles. The van der Waals surface area contributed by atoms with Crippen molar-refractivity contribution in [3.63, 3.8) is 0 Å². The van der Waals surface area contributed by atoms with Crippen LogP contribution in [0.1, 0.15) is 44.1 Å². The van der Waals surface area contributed by atoms with Gasteiger partial charge < -0.3 is 4.74 Å². The number of nitrogens with one attached hydrogen (secondary N) is 1. The average molecular weight is 438 g/mol. The van der Waals surface area contributed by atoms with Crippen LogP contribution >= 0.6 is 0 Å². The SMILES string of the molecule is O=[N+]([O-])c1ccc(N/N=C2\CC[C@H](OCc3ccccc3)[C@H]3CCCC[C@H]23)c([N+](=O)[O-])c1. The van der Waals surface area contributed by atoms with Gasteiger partial charge in [0.2, 0.25) is 0 Å². The van der Waals surface area contributed by atoms with Crippen molar-refractivity contribution in [2.75, 3.05) is 5.43 Å². The zero-order valence-electron chi connectivity index (χ0n) is 17.7. The third kappa shape index (κ3) is 4.94. The molecule has 9 heteroatoms. The molecule has 0 spiro atoms. The Labute approximate surface area is 185 Å². The molecule has 3 atom stereocenters. The number of hydrogen-bond donors (Lipinski definition) is 1. The van der Waals surface area contributed by atoms with Crippen molar-refractivity contribution in [1.82, 2.24) is 0 Å². The summed E-state index contributed by atoms with van der Waals surface area (Å²) in [5.74, 6) is 0.663. The number of rotatable bonds is 7. The second kappa shape index (κ2) is 9.86. The number of fused-ring (bicyclic) bond motifs is 1. The molecule has 1 N–H and O–H groups in total. The van der Waals surface area contributed by atoms with Gasteiger partial charge in [0.1, 0.15) is 5.69 Å². The highest BCUT2D eigenvalue weighted by Gasteiger charge is 2.39. The van der Waals surface area contributed by atoms with E-state index in [2.05, 4.69) is 22.7 Å². The van der Waals surface area contributed by atoms with Crippen LogP contribution in [-0.4, -0.2) is 21.7 Å². The predicted molar refractivity (Wildman–Crippen MR) is 121 cm³/mol. The van der Waals surface area contributed by atoms with Crippen LogP contribution < -0.4 is 5.43 Å². The Balaban J connectivity index is 1.48. The van der Waals surface area contributed by atoms with E-state index in [1.807, 2.05) is 18.2 Å². The van der Waals surface area contributed by atoms with E-state index in [4.69, 9.17) is 4.74 Å². The first-order valence-corrected chi connectivity index (χ1v) is 10.9. The summed E-state index contributed by atoms with van der Waals surface area (Å²) >= 11 is 0. The number of nitro groups is 2. The van der Waals surface area contributed by atoms with Gasteiger partial charge >= 0.3 is 5.69 Å². The molecular weight excluding hydrogens is 412 g/mol. The number of hydrogen-bond acceptors (Lipinski definition) is 7. The van der Waals surface area contributed by atoms with Crippen LogP contribution in [0.25, 0.3) is 0 Å². The summed E-state index contributed by atoms with van der Waals surface area (Å²) in [6.07, 6.45) is 6.20. The summed E-state index contributed by atoms with van der Waals surface area (Å²) in [6, 6.07) is 13.7. The van der Waals surface area contributed by atoms with Crippen LogP contribution in [0.15, 0.2) is 53.6 Å². The summed E-state index contributed by atoms with van der Waals surface area (Å²) < 4.78 is 6.31. The smallest absolute Gasteiger partial charge is 0.301 e. The lowest BCUT2D eigenvalue weighted by molar-refractivity contribution is -0.393. The molecule has 0 bridgehead atoms. The van der Waals surface area contributed by atoms with Crippen molar-refractivity contribution in [1.29, 1.82) is 0 Å². The Hall–Kier alpha value is -3.33. The topological polar surface area (TPSA) is 120 Å². The first-order chi connectivity index (χ1) is 15.5. The number of anilines is 1. The van der Waals surface area contributed by atoms with Gasteiger partial charge in [-0.25, -0.2) is 0 Å². The van der Waals surface area contributed by atoms with E-state index >= 15 is 0 Å². The minimum atomic E-state index is -0.647. The molecule has 9 nitrogen and oxygen atoms in total. The minimum Gasteiger partial charge on any atom is -0.373 e. The first-order valence-electron chi connectivity index (χ1n) is 10.9. The molecule has 0 saturated heterocycles. The number of benzene rings is 2. The van der Waals surface area contributed by atoms with E-state index in [1.54, 1.807) is 0 Å². The minimum absolute atomic E-state index is 0.155. The van der Waals surface area contributed by atoms with E-state index in [0.29, 0.717) is 12.5 Å². The zero-order chi connectivity index (χ0) is 22.5.